The van der Waals surface area contributed by atoms with E-state index in [2.05, 4.69) is 20.1 Å². The molecule has 22 heteroatoms. The zero-order chi connectivity index (χ0) is 43.6. The first-order valence-electron chi connectivity index (χ1n) is 20.3. The lowest BCUT2D eigenvalue weighted by atomic mass is 10.0. The number of nitrogens with zero attached hydrogens (tertiary/aromatic N) is 2. The van der Waals surface area contributed by atoms with Crippen LogP contribution in [0.5, 0.6) is 17.2 Å². The van der Waals surface area contributed by atoms with Gasteiger partial charge in [0.25, 0.3) is 0 Å². The van der Waals surface area contributed by atoms with Crippen molar-refractivity contribution in [3.05, 3.63) is 47.8 Å². The molecule has 2 aliphatic carbocycles. The van der Waals surface area contributed by atoms with Crippen molar-refractivity contribution in [2.45, 2.75) is 68.7 Å². The number of imide groups is 2. The highest BCUT2D eigenvalue weighted by Gasteiger charge is 2.29. The van der Waals surface area contributed by atoms with Crippen molar-refractivity contribution in [3.63, 3.8) is 0 Å². The van der Waals surface area contributed by atoms with Gasteiger partial charge in [-0.3, -0.25) is 25.0 Å². The van der Waals surface area contributed by atoms with E-state index in [0.717, 1.165) is 37.8 Å². The van der Waals surface area contributed by atoms with E-state index in [9.17, 15) is 45.2 Å². The van der Waals surface area contributed by atoms with Gasteiger partial charge in [-0.15, -0.1) is 0 Å². The van der Waals surface area contributed by atoms with Crippen LogP contribution in [0.4, 0.5) is 14.0 Å². The lowest BCUT2D eigenvalue weighted by Crippen LogP contribution is -2.33. The Balaban J connectivity index is 1.08. The molecule has 0 unspecified atom stereocenters. The maximum Gasteiger partial charge on any atom is 0.324 e. The van der Waals surface area contributed by atoms with Crippen LogP contribution in [-0.2, 0) is 39.2 Å². The van der Waals surface area contributed by atoms with Crippen LogP contribution in [0.15, 0.2) is 41.3 Å². The number of nitrogens with one attached hydrogen (secondary N) is 4. The fourth-order valence-electron chi connectivity index (χ4n) is 6.41. The van der Waals surface area contributed by atoms with Gasteiger partial charge in [0.15, 0.2) is 11.6 Å². The molecule has 61 heavy (non-hydrogen) atoms. The number of carbonyl (C=O) groups excluding carboxylic acids is 5. The third kappa shape index (κ3) is 14.6. The molecule has 2 saturated carbocycles. The second kappa shape index (κ2) is 20.8. The molecular weight excluding hydrogens is 844 g/mol. The second-order valence-electron chi connectivity index (χ2n) is 15.5. The number of amides is 6. The number of sulfonamides is 2. The molecule has 2 aromatic carbocycles. The number of ether oxygens (including phenoxy) is 4. The minimum Gasteiger partial charge on any atom is -0.493 e. The van der Waals surface area contributed by atoms with Crippen molar-refractivity contribution in [2.24, 2.45) is 11.8 Å². The van der Waals surface area contributed by atoms with Gasteiger partial charge in [-0.2, -0.15) is 0 Å². The van der Waals surface area contributed by atoms with Gasteiger partial charge < -0.3 is 28.7 Å². The lowest BCUT2D eigenvalue weighted by Gasteiger charge is -2.20. The van der Waals surface area contributed by atoms with Gasteiger partial charge in [0, 0.05) is 44.4 Å². The van der Waals surface area contributed by atoms with Crippen LogP contribution in [0.25, 0.3) is 0 Å². The number of esters is 1. The maximum atomic E-state index is 14.8. The predicted octanol–water partition coefficient (Wildman–Crippen LogP) is 2.32. The van der Waals surface area contributed by atoms with Gasteiger partial charge >= 0.3 is 18.0 Å². The predicted molar refractivity (Wildman–Crippen MR) is 214 cm³/mol. The summed E-state index contributed by atoms with van der Waals surface area (Å²) >= 11 is 0. The van der Waals surface area contributed by atoms with Crippen LogP contribution >= 0.6 is 0 Å². The molecular formula is C39H51FN6O13S2. The summed E-state index contributed by atoms with van der Waals surface area (Å²) in [6.07, 6.45) is 4.72. The molecule has 4 aliphatic rings. The van der Waals surface area contributed by atoms with E-state index in [1.54, 1.807) is 0 Å². The molecule has 2 aliphatic heterocycles. The van der Waals surface area contributed by atoms with E-state index in [1.165, 1.54) is 34.1 Å². The Morgan fingerprint density at radius 3 is 2.07 bits per heavy atom. The Hall–Kier alpha value is -4.90. The van der Waals surface area contributed by atoms with E-state index < -0.39 is 62.3 Å². The second-order valence-corrected chi connectivity index (χ2v) is 19.1. The minimum absolute atomic E-state index is 0.00240. The first kappa shape index (κ1) is 45.6. The van der Waals surface area contributed by atoms with Crippen LogP contribution in [0.1, 0.15) is 69.4 Å². The summed E-state index contributed by atoms with van der Waals surface area (Å²) in [4.78, 5) is 62.3. The monoisotopic (exact) mass is 894 g/mol. The van der Waals surface area contributed by atoms with Crippen molar-refractivity contribution in [2.75, 3.05) is 64.9 Å². The molecule has 2 aromatic rings. The summed E-state index contributed by atoms with van der Waals surface area (Å²) in [5.41, 5.74) is 0.227. The summed E-state index contributed by atoms with van der Waals surface area (Å²) in [7, 11) is -8.25. The average Bonchev–Trinajstić information content (AvgIpc) is 4.14. The Bertz CT molecular complexity index is 2170. The lowest BCUT2D eigenvalue weighted by molar-refractivity contribution is -0.135. The van der Waals surface area contributed by atoms with Gasteiger partial charge in [-0.05, 0) is 74.5 Å². The highest BCUT2D eigenvalue weighted by Crippen LogP contribution is 2.34. The number of benzene rings is 2. The molecule has 1 atom stereocenters. The summed E-state index contributed by atoms with van der Waals surface area (Å²) < 4.78 is 96.0. The standard InChI is InChI=1S/C39H51FN6O13S2/c40-32-10-9-28(17-34(32)58-25-27-7-8-27)33(44-60(52,53)16-3-1-2-12-45-22-35(47)42-38(45)50)21-37(49)59-30-18-29(57-24-26-5-6-26)19-31(20-30)61(54,55)41-11-15-56-14-4-13-46-23-36(48)43-39(46)51/h9-10,17-20,26-27,33,41,44H,1-8,11-16,21-25H2,(H,42,47,50)(H,43,48,51)/t33-/m1/s1. The fourth-order valence-corrected chi connectivity index (χ4v) is 8.83. The highest BCUT2D eigenvalue weighted by molar-refractivity contribution is 7.89. The Labute approximate surface area is 353 Å². The Kier molecular flexibility index (Phi) is 15.5. The van der Waals surface area contributed by atoms with Gasteiger partial charge in [-0.25, -0.2) is 40.3 Å². The van der Waals surface area contributed by atoms with Crippen LogP contribution in [0.2, 0.25) is 0 Å². The van der Waals surface area contributed by atoms with Gasteiger partial charge in [0.1, 0.15) is 24.6 Å². The van der Waals surface area contributed by atoms with Crippen LogP contribution in [-0.4, -0.2) is 121 Å². The summed E-state index contributed by atoms with van der Waals surface area (Å²) in [5.74, 6) is -2.27. The quantitative estimate of drug-likeness (QED) is 0.0436. The number of unbranched alkanes of at least 4 members (excludes halogenated alkanes) is 2. The molecule has 0 bridgehead atoms. The van der Waals surface area contributed by atoms with Crippen LogP contribution < -0.4 is 34.3 Å². The number of hydrogen-bond acceptors (Lipinski definition) is 13. The number of halogens is 1. The molecule has 4 N–H and O–H groups in total. The SMILES string of the molecule is O=C1CN(CCCCCS(=O)(=O)N[C@H](CC(=O)Oc2cc(OCC3CC3)cc(S(=O)(=O)NCCOCCCN3CC(=O)NC3=O)c2)c2ccc(F)c(OCC3CC3)c2)C(=O)N1. The minimum atomic E-state index is -4.19. The fraction of sp³-hybridized carbons (Fsp3) is 0.564. The topological polar surface area (TPSA) is 245 Å². The van der Waals surface area contributed by atoms with Gasteiger partial charge in [0.05, 0.1) is 42.9 Å². The molecule has 2 saturated heterocycles. The smallest absolute Gasteiger partial charge is 0.324 e. The zero-order valence-electron chi connectivity index (χ0n) is 33.5. The van der Waals surface area contributed by atoms with Crippen LogP contribution in [0, 0.1) is 17.7 Å². The normalized spacial score (nSPS) is 17.4. The number of rotatable bonds is 27. The summed E-state index contributed by atoms with van der Waals surface area (Å²) in [6.45, 7) is 1.16. The third-order valence-electron chi connectivity index (χ3n) is 10.1. The molecule has 334 valence electrons. The summed E-state index contributed by atoms with van der Waals surface area (Å²) in [6, 6.07) is 5.37. The molecule has 6 amide bonds. The molecule has 2 heterocycles. The zero-order valence-corrected chi connectivity index (χ0v) is 35.2. The van der Waals surface area contributed by atoms with E-state index in [1.807, 2.05) is 0 Å². The molecule has 0 aromatic heterocycles. The Morgan fingerprint density at radius 1 is 0.787 bits per heavy atom. The maximum absolute atomic E-state index is 14.8. The molecule has 4 fully saturated rings. The summed E-state index contributed by atoms with van der Waals surface area (Å²) in [5, 5.41) is 4.37. The third-order valence-corrected chi connectivity index (χ3v) is 13.0. The van der Waals surface area contributed by atoms with Crippen LogP contribution in [0.3, 0.4) is 0 Å². The van der Waals surface area contributed by atoms with Crippen molar-refractivity contribution < 1.29 is 64.1 Å². The number of carbonyl (C=O) groups is 5. The molecule has 6 rings (SSSR count). The Morgan fingerprint density at radius 2 is 1.43 bits per heavy atom. The molecule has 0 spiro atoms. The number of hydrogen-bond donors (Lipinski definition) is 4. The largest absolute Gasteiger partial charge is 0.493 e. The molecule has 19 nitrogen and oxygen atoms in total. The van der Waals surface area contributed by atoms with Crippen molar-refractivity contribution in [1.82, 2.24) is 29.9 Å². The van der Waals surface area contributed by atoms with Crippen molar-refractivity contribution in [3.8, 4) is 17.2 Å². The van der Waals surface area contributed by atoms with Crippen molar-refractivity contribution in [1.29, 1.82) is 0 Å². The van der Waals surface area contributed by atoms with E-state index >= 15 is 0 Å². The number of urea groups is 2. The first-order valence-corrected chi connectivity index (χ1v) is 23.4. The first-order chi connectivity index (χ1) is 29.1. The highest BCUT2D eigenvalue weighted by atomic mass is 32.2. The van der Waals surface area contributed by atoms with Gasteiger partial charge in [-0.1, -0.05) is 12.5 Å². The average molecular weight is 895 g/mol. The van der Waals surface area contributed by atoms with Crippen molar-refractivity contribution >= 4 is 49.9 Å². The van der Waals surface area contributed by atoms with E-state index in [4.69, 9.17) is 18.9 Å². The van der Waals surface area contributed by atoms with E-state index in [0.29, 0.717) is 44.2 Å². The van der Waals surface area contributed by atoms with E-state index in [-0.39, 0.29) is 91.8 Å². The van der Waals surface area contributed by atoms with Gasteiger partial charge in [0.2, 0.25) is 31.9 Å². The molecule has 0 radical (unpaired) electrons.